The van der Waals surface area contributed by atoms with Crippen LogP contribution in [-0.2, 0) is 23.4 Å². The number of nitrogens with two attached hydrogens (primary N) is 1. The summed E-state index contributed by atoms with van der Waals surface area (Å²) in [6.07, 6.45) is -3.25. The van der Waals surface area contributed by atoms with Crippen LogP contribution in [0, 0.1) is 0 Å². The second-order valence-electron chi connectivity index (χ2n) is 11.8. The second kappa shape index (κ2) is 13.7. The number of anilines is 1. The maximum Gasteiger partial charge on any atom is 0.459 e. The molecule has 2 aromatic heterocycles. The Bertz CT molecular complexity index is 2000. The highest BCUT2D eigenvalue weighted by Gasteiger charge is 2.54. The van der Waals surface area contributed by atoms with E-state index in [9.17, 15) is 19.6 Å². The van der Waals surface area contributed by atoms with Crippen LogP contribution in [0.4, 0.5) is 5.95 Å². The first-order valence-electron chi connectivity index (χ1n) is 15.5. The smallest absolute Gasteiger partial charge is 0.459 e. The molecule has 258 valence electrons. The number of hydrogen-bond donors (Lipinski definition) is 4. The Labute approximate surface area is 281 Å². The number of imidazole rings is 1. The number of fused-ring (bicyclic) bond motifs is 2. The largest absolute Gasteiger partial charge is 0.479 e. The van der Waals surface area contributed by atoms with Crippen LogP contribution in [0.5, 0.6) is 11.6 Å². The molecule has 49 heavy (non-hydrogen) atoms. The number of aliphatic hydroxyl groups is 2. The van der Waals surface area contributed by atoms with Gasteiger partial charge in [-0.15, -0.1) is 0 Å². The maximum atomic E-state index is 14.5. The van der Waals surface area contributed by atoms with Gasteiger partial charge in [-0.25, -0.2) is 9.55 Å². The summed E-state index contributed by atoms with van der Waals surface area (Å²) >= 11 is 0. The molecule has 15 nitrogen and oxygen atoms in total. The average Bonchev–Trinajstić information content (AvgIpc) is 3.60. The van der Waals surface area contributed by atoms with Crippen molar-refractivity contribution >= 4 is 41.6 Å². The van der Waals surface area contributed by atoms with Crippen molar-refractivity contribution in [3.8, 4) is 11.6 Å². The first-order chi connectivity index (χ1) is 23.4. The predicted molar refractivity (Wildman–Crippen MR) is 179 cm³/mol. The van der Waals surface area contributed by atoms with Crippen LogP contribution < -0.4 is 20.1 Å². The first kappa shape index (κ1) is 34.2. The lowest BCUT2D eigenvalue weighted by Crippen LogP contribution is -2.44. The normalized spacial score (nSPS) is 23.2. The minimum absolute atomic E-state index is 0.104. The molecule has 0 spiro atoms. The number of carbonyl (C=O) groups excluding carboxylic acids is 1. The summed E-state index contributed by atoms with van der Waals surface area (Å²) in [5, 5.41) is 26.8. The molecule has 16 heteroatoms. The lowest BCUT2D eigenvalue weighted by Gasteiger charge is -2.27. The average molecular weight is 693 g/mol. The number of benzene rings is 3. The van der Waals surface area contributed by atoms with Gasteiger partial charge >= 0.3 is 13.7 Å². The van der Waals surface area contributed by atoms with Gasteiger partial charge in [0.25, 0.3) is 0 Å². The number of esters is 1. The third-order valence-corrected chi connectivity index (χ3v) is 9.88. The van der Waals surface area contributed by atoms with Crippen molar-refractivity contribution in [2.45, 2.75) is 57.0 Å². The molecule has 3 aromatic carbocycles. The molecule has 3 heterocycles. The number of ether oxygens (including phenoxy) is 3. The zero-order chi connectivity index (χ0) is 34.9. The number of hydrogen-bond acceptors (Lipinski definition) is 13. The lowest BCUT2D eigenvalue weighted by molar-refractivity contribution is -0.150. The van der Waals surface area contributed by atoms with Gasteiger partial charge in [0.05, 0.1) is 20.0 Å². The molecule has 0 aliphatic carbocycles. The minimum atomic E-state index is -4.42. The molecule has 0 bridgehead atoms. The fourth-order valence-corrected chi connectivity index (χ4v) is 7.14. The highest BCUT2D eigenvalue weighted by atomic mass is 31.2. The van der Waals surface area contributed by atoms with Crippen molar-refractivity contribution in [2.75, 3.05) is 19.5 Å². The zero-order valence-corrected chi connectivity index (χ0v) is 28.1. The van der Waals surface area contributed by atoms with Crippen LogP contribution in [0.1, 0.15) is 38.7 Å². The van der Waals surface area contributed by atoms with Crippen LogP contribution in [0.2, 0.25) is 0 Å². The highest BCUT2D eigenvalue weighted by molar-refractivity contribution is 7.52. The number of aromatic nitrogens is 4. The Hall–Kier alpha value is -4.63. The minimum Gasteiger partial charge on any atom is -0.479 e. The second-order valence-corrected chi connectivity index (χ2v) is 13.5. The summed E-state index contributed by atoms with van der Waals surface area (Å²) in [6.45, 7) is 4.03. The van der Waals surface area contributed by atoms with Crippen molar-refractivity contribution in [1.29, 1.82) is 0 Å². The lowest BCUT2D eigenvalue weighted by atomic mass is 9.96. The molecule has 0 amide bonds. The third-order valence-electron chi connectivity index (χ3n) is 8.25. The van der Waals surface area contributed by atoms with Crippen molar-refractivity contribution < 1.29 is 42.8 Å². The molecule has 5 N–H and O–H groups in total. The number of nitrogens with zero attached hydrogens (tertiary/aromatic N) is 4. The Morgan fingerprint density at radius 2 is 1.82 bits per heavy atom. The van der Waals surface area contributed by atoms with Crippen LogP contribution in [0.3, 0.4) is 0 Å². The number of nitrogen functional groups attached to an aromatic ring is 1. The molecule has 1 aliphatic heterocycles. The summed E-state index contributed by atoms with van der Waals surface area (Å²) in [7, 11) is -3.02. The van der Waals surface area contributed by atoms with E-state index in [0.717, 1.165) is 10.9 Å². The van der Waals surface area contributed by atoms with E-state index in [2.05, 4.69) is 20.0 Å². The summed E-state index contributed by atoms with van der Waals surface area (Å²) in [5.74, 6) is -0.471. The number of rotatable bonds is 12. The molecular formula is C33H37N6O9P. The van der Waals surface area contributed by atoms with E-state index in [1.165, 1.54) is 31.9 Å². The van der Waals surface area contributed by atoms with Gasteiger partial charge in [-0.3, -0.25) is 13.9 Å². The van der Waals surface area contributed by atoms with Crippen molar-refractivity contribution in [2.24, 2.45) is 0 Å². The van der Waals surface area contributed by atoms with Gasteiger partial charge in [-0.2, -0.15) is 15.1 Å². The van der Waals surface area contributed by atoms with Gasteiger partial charge in [-0.1, -0.05) is 66.7 Å². The van der Waals surface area contributed by atoms with E-state index in [4.69, 9.17) is 29.0 Å². The molecule has 1 saturated heterocycles. The summed E-state index contributed by atoms with van der Waals surface area (Å²) < 4.78 is 44.8. The SMILES string of the molecule is COc1nc(N)nc2c1ncn2C1O[C@H](COP(=O)(N[C@@H](C)C(=O)O[C@@H](C)c2ccccc2)Oc2cccc3ccccc23)[C@@H](O)[C@@]1(C)O. The topological polar surface area (TPSA) is 202 Å². The van der Waals surface area contributed by atoms with Crippen molar-refractivity contribution in [3.63, 3.8) is 0 Å². The standard InChI is InChI=1S/C33H37N6O9P/c1-19(30(41)46-20(2)21-11-6-5-7-12-21)38-49(43,48-24-16-10-14-22-13-8-9-15-23(22)24)45-17-25-27(40)33(3,42)31(47-25)39-18-35-26-28(39)36-32(34)37-29(26)44-4/h5-16,18-20,25,27,31,40,42H,17H2,1-4H3,(H,38,43)(H2,34,36,37)/t19-,20-,25+,27+,31?,33+,49?/m0/s1. The van der Waals surface area contributed by atoms with Gasteiger partial charge in [0.1, 0.15) is 35.7 Å². The fraction of sp³-hybridized carbons (Fsp3) is 0.333. The molecule has 5 aromatic rings. The summed E-state index contributed by atoms with van der Waals surface area (Å²) in [6, 6.07) is 20.5. The van der Waals surface area contributed by atoms with E-state index in [1.54, 1.807) is 31.2 Å². The number of nitrogens with one attached hydrogen (secondary N) is 1. The van der Waals surface area contributed by atoms with Crippen LogP contribution >= 0.6 is 7.75 Å². The highest BCUT2D eigenvalue weighted by Crippen LogP contribution is 2.48. The Balaban J connectivity index is 1.25. The fourth-order valence-electron chi connectivity index (χ4n) is 5.62. The number of methoxy groups -OCH3 is 1. The Morgan fingerprint density at radius 1 is 1.10 bits per heavy atom. The predicted octanol–water partition coefficient (Wildman–Crippen LogP) is 4.07. The summed E-state index contributed by atoms with van der Waals surface area (Å²) in [4.78, 5) is 25.7. The van der Waals surface area contributed by atoms with E-state index in [-0.39, 0.29) is 28.7 Å². The molecule has 2 unspecified atom stereocenters. The molecule has 6 rings (SSSR count). The number of aliphatic hydroxyl groups excluding tert-OH is 1. The van der Waals surface area contributed by atoms with E-state index >= 15 is 0 Å². The van der Waals surface area contributed by atoms with Crippen LogP contribution in [0.25, 0.3) is 21.9 Å². The van der Waals surface area contributed by atoms with Gasteiger partial charge in [0, 0.05) is 5.39 Å². The van der Waals surface area contributed by atoms with Crippen LogP contribution in [0.15, 0.2) is 79.1 Å². The molecule has 7 atom stereocenters. The van der Waals surface area contributed by atoms with Gasteiger partial charge in [0.15, 0.2) is 17.4 Å². The van der Waals surface area contributed by atoms with Crippen LogP contribution in [-0.4, -0.2) is 73.3 Å². The molecule has 1 fully saturated rings. The van der Waals surface area contributed by atoms with E-state index < -0.39 is 56.5 Å². The van der Waals surface area contributed by atoms with Gasteiger partial charge in [-0.05, 0) is 37.8 Å². The van der Waals surface area contributed by atoms with Crippen molar-refractivity contribution in [1.82, 2.24) is 24.6 Å². The number of carbonyl (C=O) groups is 1. The zero-order valence-electron chi connectivity index (χ0n) is 27.2. The third kappa shape index (κ3) is 6.95. The molecular weight excluding hydrogens is 655 g/mol. The monoisotopic (exact) mass is 692 g/mol. The van der Waals surface area contributed by atoms with E-state index in [1.807, 2.05) is 48.5 Å². The van der Waals surface area contributed by atoms with Gasteiger partial charge in [0.2, 0.25) is 11.8 Å². The van der Waals surface area contributed by atoms with Crippen molar-refractivity contribution in [3.05, 3.63) is 84.7 Å². The molecule has 1 aliphatic rings. The quantitative estimate of drug-likeness (QED) is 0.108. The van der Waals surface area contributed by atoms with Gasteiger partial charge < -0.3 is 34.7 Å². The first-order valence-corrected chi connectivity index (χ1v) is 17.0. The Morgan fingerprint density at radius 3 is 2.57 bits per heavy atom. The molecule has 0 saturated carbocycles. The maximum absolute atomic E-state index is 14.5. The molecule has 0 radical (unpaired) electrons. The van der Waals surface area contributed by atoms with E-state index in [0.29, 0.717) is 5.39 Å². The Kier molecular flexibility index (Phi) is 9.58. The summed E-state index contributed by atoms with van der Waals surface area (Å²) in [5.41, 5.74) is 5.17.